The molecule has 0 saturated heterocycles. The molecule has 2 aromatic rings. The molecule has 0 spiro atoms. The van der Waals surface area contributed by atoms with Crippen LogP contribution in [0.15, 0.2) is 47.4 Å². The van der Waals surface area contributed by atoms with E-state index >= 15 is 0 Å². The van der Waals surface area contributed by atoms with E-state index < -0.39 is 39.4 Å². The molecular weight excluding hydrogens is 434 g/mol. The van der Waals surface area contributed by atoms with Gasteiger partial charge in [-0.3, -0.25) is 9.59 Å². The van der Waals surface area contributed by atoms with Gasteiger partial charge in [0.25, 0.3) is 5.91 Å². The van der Waals surface area contributed by atoms with Crippen molar-refractivity contribution in [3.8, 4) is 0 Å². The Bertz CT molecular complexity index is 1130. The molecule has 2 amide bonds. The van der Waals surface area contributed by atoms with E-state index in [1.165, 1.54) is 17.0 Å². The summed E-state index contributed by atoms with van der Waals surface area (Å²) in [6.45, 7) is 1.10. The van der Waals surface area contributed by atoms with E-state index in [9.17, 15) is 22.8 Å². The topological polar surface area (TPSA) is 136 Å². The number of benzene rings is 2. The first-order valence-corrected chi connectivity index (χ1v) is 10.7. The first-order chi connectivity index (χ1) is 14.1. The highest BCUT2D eigenvalue weighted by Crippen LogP contribution is 2.31. The molecule has 11 heteroatoms. The highest BCUT2D eigenvalue weighted by atomic mass is 35.5. The second-order valence-electron chi connectivity index (χ2n) is 6.65. The van der Waals surface area contributed by atoms with Gasteiger partial charge in [-0.2, -0.15) is 0 Å². The zero-order chi connectivity index (χ0) is 22.1. The number of carbonyl (C=O) groups is 3. The monoisotopic (exact) mass is 451 g/mol. The molecule has 0 saturated carbocycles. The third-order valence-corrected chi connectivity index (χ3v) is 5.82. The van der Waals surface area contributed by atoms with Gasteiger partial charge in [-0.15, -0.1) is 0 Å². The van der Waals surface area contributed by atoms with Gasteiger partial charge in [0.15, 0.2) is 6.61 Å². The molecule has 3 N–H and O–H groups in total. The molecule has 30 heavy (non-hydrogen) atoms. The van der Waals surface area contributed by atoms with E-state index in [0.717, 1.165) is 6.07 Å². The van der Waals surface area contributed by atoms with Crippen molar-refractivity contribution in [1.29, 1.82) is 0 Å². The van der Waals surface area contributed by atoms with Crippen LogP contribution in [0.2, 0.25) is 5.02 Å². The van der Waals surface area contributed by atoms with Crippen molar-refractivity contribution < 1.29 is 27.5 Å². The smallest absolute Gasteiger partial charge is 0.338 e. The third-order valence-electron chi connectivity index (χ3n) is 4.43. The normalized spacial score (nSPS) is 16.3. The van der Waals surface area contributed by atoms with Crippen LogP contribution in [-0.4, -0.2) is 38.9 Å². The first kappa shape index (κ1) is 21.8. The molecule has 158 valence electrons. The zero-order valence-corrected chi connectivity index (χ0v) is 17.4. The van der Waals surface area contributed by atoms with Crippen LogP contribution in [-0.2, 0) is 24.3 Å². The lowest BCUT2D eigenvalue weighted by molar-refractivity contribution is -0.122. The van der Waals surface area contributed by atoms with Crippen molar-refractivity contribution in [2.75, 3.05) is 16.8 Å². The molecule has 0 aromatic heterocycles. The standard InChI is InChI=1S/C19H18ClN3O6S/c1-11-8-17(24)22-14-4-2-3-5-15(14)23(11)18(25)10-29-19(26)12-6-7-13(20)16(9-12)30(21,27)28/h2-7,9,11H,8,10H2,1H3,(H,22,24)(H2,21,27,28). The van der Waals surface area contributed by atoms with Gasteiger partial charge in [-0.25, -0.2) is 18.4 Å². The lowest BCUT2D eigenvalue weighted by atomic mass is 10.1. The van der Waals surface area contributed by atoms with Gasteiger partial charge in [-0.05, 0) is 37.3 Å². The molecule has 1 aliphatic rings. The Balaban J connectivity index is 1.79. The van der Waals surface area contributed by atoms with Gasteiger partial charge in [-0.1, -0.05) is 23.7 Å². The Labute approximate surface area is 177 Å². The minimum absolute atomic E-state index is 0.0727. The molecule has 0 fully saturated rings. The number of carbonyl (C=O) groups excluding carboxylic acids is 3. The van der Waals surface area contributed by atoms with Gasteiger partial charge >= 0.3 is 5.97 Å². The summed E-state index contributed by atoms with van der Waals surface area (Å²) < 4.78 is 28.2. The summed E-state index contributed by atoms with van der Waals surface area (Å²) in [6.07, 6.45) is 0.0727. The number of primary sulfonamides is 1. The van der Waals surface area contributed by atoms with Crippen LogP contribution in [0.25, 0.3) is 0 Å². The zero-order valence-electron chi connectivity index (χ0n) is 15.8. The fraction of sp³-hybridized carbons (Fsp3) is 0.211. The van der Waals surface area contributed by atoms with E-state index in [-0.39, 0.29) is 22.9 Å². The van der Waals surface area contributed by atoms with E-state index in [4.69, 9.17) is 21.5 Å². The minimum atomic E-state index is -4.14. The Morgan fingerprint density at radius 3 is 2.67 bits per heavy atom. The van der Waals surface area contributed by atoms with Gasteiger partial charge in [0.2, 0.25) is 15.9 Å². The van der Waals surface area contributed by atoms with Crippen molar-refractivity contribution in [3.05, 3.63) is 53.1 Å². The van der Waals surface area contributed by atoms with Crippen LogP contribution >= 0.6 is 11.6 Å². The van der Waals surface area contributed by atoms with Crippen molar-refractivity contribution in [2.45, 2.75) is 24.3 Å². The molecular formula is C19H18ClN3O6S. The summed E-state index contributed by atoms with van der Waals surface area (Å²) in [6, 6.07) is 9.76. The van der Waals surface area contributed by atoms with E-state index in [1.54, 1.807) is 31.2 Å². The van der Waals surface area contributed by atoms with Crippen LogP contribution in [0, 0.1) is 0 Å². The number of hydrogen-bond acceptors (Lipinski definition) is 6. The quantitative estimate of drug-likeness (QED) is 0.681. The minimum Gasteiger partial charge on any atom is -0.452 e. The Hall–Kier alpha value is -2.95. The number of hydrogen-bond donors (Lipinski definition) is 2. The number of fused-ring (bicyclic) bond motifs is 1. The average Bonchev–Trinajstić information content (AvgIpc) is 2.79. The molecule has 0 aliphatic carbocycles. The summed E-state index contributed by atoms with van der Waals surface area (Å²) in [5.74, 6) is -1.70. The Kier molecular flexibility index (Phi) is 6.11. The fourth-order valence-electron chi connectivity index (χ4n) is 3.10. The third kappa shape index (κ3) is 4.61. The molecule has 9 nitrogen and oxygen atoms in total. The summed E-state index contributed by atoms with van der Waals surface area (Å²) >= 11 is 5.80. The van der Waals surface area contributed by atoms with Crippen LogP contribution in [0.1, 0.15) is 23.7 Å². The highest BCUT2D eigenvalue weighted by Gasteiger charge is 2.30. The van der Waals surface area contributed by atoms with Crippen molar-refractivity contribution >= 4 is 50.8 Å². The van der Waals surface area contributed by atoms with Crippen molar-refractivity contribution in [3.63, 3.8) is 0 Å². The SMILES string of the molecule is CC1CC(=O)Nc2ccccc2N1C(=O)COC(=O)c1ccc(Cl)c(S(N)(=O)=O)c1. The maximum absolute atomic E-state index is 12.8. The number of ether oxygens (including phenoxy) is 1. The Morgan fingerprint density at radius 2 is 1.97 bits per heavy atom. The second kappa shape index (κ2) is 8.42. The van der Waals surface area contributed by atoms with Crippen LogP contribution in [0.4, 0.5) is 11.4 Å². The average molecular weight is 452 g/mol. The largest absolute Gasteiger partial charge is 0.452 e. The molecule has 0 radical (unpaired) electrons. The van der Waals surface area contributed by atoms with Crippen LogP contribution in [0.5, 0.6) is 0 Å². The Morgan fingerprint density at radius 1 is 1.27 bits per heavy atom. The predicted molar refractivity (Wildman–Crippen MR) is 110 cm³/mol. The van der Waals surface area contributed by atoms with Gasteiger partial charge in [0.1, 0.15) is 4.90 Å². The van der Waals surface area contributed by atoms with Crippen molar-refractivity contribution in [1.82, 2.24) is 0 Å². The van der Waals surface area contributed by atoms with E-state index in [0.29, 0.717) is 11.4 Å². The van der Waals surface area contributed by atoms with Crippen LogP contribution < -0.4 is 15.4 Å². The number of nitrogens with zero attached hydrogens (tertiary/aromatic N) is 1. The second-order valence-corrected chi connectivity index (χ2v) is 8.59. The molecule has 1 aliphatic heterocycles. The molecule has 0 bridgehead atoms. The number of nitrogens with two attached hydrogens (primary N) is 1. The maximum atomic E-state index is 12.8. The molecule has 2 aromatic carbocycles. The lowest BCUT2D eigenvalue weighted by Gasteiger charge is -2.27. The van der Waals surface area contributed by atoms with Crippen molar-refractivity contribution in [2.24, 2.45) is 5.14 Å². The van der Waals surface area contributed by atoms with Gasteiger partial charge in [0.05, 0.1) is 22.0 Å². The predicted octanol–water partition coefficient (Wildman–Crippen LogP) is 1.91. The number of para-hydroxylation sites is 2. The molecule has 1 unspecified atom stereocenters. The number of anilines is 2. The summed E-state index contributed by atoms with van der Waals surface area (Å²) in [5, 5.41) is 7.67. The molecule has 1 atom stereocenters. The molecule has 3 rings (SSSR count). The number of esters is 1. The number of rotatable bonds is 4. The lowest BCUT2D eigenvalue weighted by Crippen LogP contribution is -2.41. The van der Waals surface area contributed by atoms with Gasteiger partial charge in [0, 0.05) is 12.5 Å². The highest BCUT2D eigenvalue weighted by molar-refractivity contribution is 7.89. The van der Waals surface area contributed by atoms with Crippen LogP contribution in [0.3, 0.4) is 0 Å². The maximum Gasteiger partial charge on any atom is 0.338 e. The number of amides is 2. The van der Waals surface area contributed by atoms with Gasteiger partial charge < -0.3 is 15.0 Å². The number of sulfonamides is 1. The van der Waals surface area contributed by atoms with E-state index in [2.05, 4.69) is 5.32 Å². The summed E-state index contributed by atoms with van der Waals surface area (Å²) in [5.41, 5.74) is 0.833. The summed E-state index contributed by atoms with van der Waals surface area (Å²) in [7, 11) is -4.14. The van der Waals surface area contributed by atoms with E-state index in [1.807, 2.05) is 0 Å². The molecule has 1 heterocycles. The fourth-order valence-corrected chi connectivity index (χ4v) is 4.17. The number of nitrogens with one attached hydrogen (secondary N) is 1. The number of halogens is 1. The summed E-state index contributed by atoms with van der Waals surface area (Å²) in [4.78, 5) is 38.1. The first-order valence-electron chi connectivity index (χ1n) is 8.78.